The van der Waals surface area contributed by atoms with Gasteiger partial charge in [0.25, 0.3) is 9.05 Å². The molecule has 2 rings (SSSR count). The van der Waals surface area contributed by atoms with Gasteiger partial charge in [0, 0.05) is 33.9 Å². The zero-order valence-corrected chi connectivity index (χ0v) is 11.2. The molecule has 0 aliphatic carbocycles. The van der Waals surface area contributed by atoms with Gasteiger partial charge < -0.3 is 9.72 Å². The van der Waals surface area contributed by atoms with Crippen LogP contribution in [0.15, 0.2) is 17.2 Å². The van der Waals surface area contributed by atoms with Crippen molar-refractivity contribution < 1.29 is 17.9 Å². The number of aromatic nitrogens is 1. The van der Waals surface area contributed by atoms with E-state index in [9.17, 15) is 13.2 Å². The van der Waals surface area contributed by atoms with Crippen LogP contribution in [0.1, 0.15) is 15.9 Å². The molecule has 96 valence electrons. The molecule has 0 amide bonds. The van der Waals surface area contributed by atoms with E-state index in [1.54, 1.807) is 6.92 Å². The molecule has 0 radical (unpaired) electrons. The highest BCUT2D eigenvalue weighted by Gasteiger charge is 2.23. The van der Waals surface area contributed by atoms with Crippen molar-refractivity contribution >= 4 is 36.9 Å². The highest BCUT2D eigenvalue weighted by Crippen LogP contribution is 2.36. The first-order valence-corrected chi connectivity index (χ1v) is 7.29. The number of carbonyl (C=O) groups is 1. The van der Waals surface area contributed by atoms with E-state index in [0.717, 1.165) is 0 Å². The molecule has 0 spiro atoms. The second-order valence-corrected chi connectivity index (χ2v) is 6.26. The van der Waals surface area contributed by atoms with Crippen LogP contribution in [0, 0.1) is 6.92 Å². The predicted molar refractivity (Wildman–Crippen MR) is 68.0 cm³/mol. The first-order chi connectivity index (χ1) is 8.40. The third-order valence-electron chi connectivity index (χ3n) is 2.75. The van der Waals surface area contributed by atoms with Crippen molar-refractivity contribution in [1.29, 1.82) is 0 Å². The summed E-state index contributed by atoms with van der Waals surface area (Å²) in [5.41, 5.74) is 1.39. The lowest BCUT2D eigenvalue weighted by Gasteiger charge is -2.10. The van der Waals surface area contributed by atoms with Gasteiger partial charge in [-0.05, 0) is 12.5 Å². The van der Waals surface area contributed by atoms with Gasteiger partial charge in [0.1, 0.15) is 10.6 Å². The number of methoxy groups -OCH3 is 1. The highest BCUT2D eigenvalue weighted by atomic mass is 35.7. The van der Waals surface area contributed by atoms with Crippen LogP contribution in [-0.4, -0.2) is 26.8 Å². The zero-order chi connectivity index (χ0) is 13.5. The summed E-state index contributed by atoms with van der Waals surface area (Å²) in [5, 5.41) is 0.532. The lowest BCUT2D eigenvalue weighted by molar-refractivity contribution is 0.112. The number of H-pyrrole nitrogens is 1. The maximum atomic E-state index is 11.6. The lowest BCUT2D eigenvalue weighted by atomic mass is 10.1. The molecule has 0 atom stereocenters. The van der Waals surface area contributed by atoms with E-state index in [1.807, 2.05) is 0 Å². The van der Waals surface area contributed by atoms with E-state index >= 15 is 0 Å². The molecule has 0 saturated heterocycles. The fourth-order valence-electron chi connectivity index (χ4n) is 2.03. The van der Waals surface area contributed by atoms with Crippen LogP contribution in [0.4, 0.5) is 0 Å². The maximum absolute atomic E-state index is 11.6. The van der Waals surface area contributed by atoms with Crippen LogP contribution >= 0.6 is 10.7 Å². The minimum absolute atomic E-state index is 0.109. The summed E-state index contributed by atoms with van der Waals surface area (Å²) in [6, 6.07) is 1.50. The normalized spacial score (nSPS) is 11.7. The van der Waals surface area contributed by atoms with Crippen LogP contribution < -0.4 is 4.74 Å². The number of rotatable bonds is 3. The van der Waals surface area contributed by atoms with Gasteiger partial charge in [0.05, 0.1) is 12.6 Å². The molecule has 18 heavy (non-hydrogen) atoms. The summed E-state index contributed by atoms with van der Waals surface area (Å²) in [7, 11) is 2.81. The molecule has 0 bridgehead atoms. The van der Waals surface area contributed by atoms with Crippen molar-refractivity contribution in [3.63, 3.8) is 0 Å². The first kappa shape index (κ1) is 12.9. The smallest absolute Gasteiger partial charge is 0.265 e. The Balaban J connectivity index is 3.00. The Morgan fingerprint density at radius 1 is 1.44 bits per heavy atom. The molecule has 0 fully saturated rings. The Bertz CT molecular complexity index is 733. The van der Waals surface area contributed by atoms with Crippen molar-refractivity contribution in [2.24, 2.45) is 0 Å². The van der Waals surface area contributed by atoms with Crippen LogP contribution in [0.25, 0.3) is 10.9 Å². The summed E-state index contributed by atoms with van der Waals surface area (Å²) in [6.45, 7) is 1.58. The number of hydrogen-bond donors (Lipinski definition) is 1. The molecular formula is C11H10ClNO4S. The minimum atomic E-state index is -3.95. The Morgan fingerprint density at radius 3 is 2.61 bits per heavy atom. The van der Waals surface area contributed by atoms with E-state index < -0.39 is 9.05 Å². The minimum Gasteiger partial charge on any atom is -0.495 e. The summed E-state index contributed by atoms with van der Waals surface area (Å²) < 4.78 is 28.2. The van der Waals surface area contributed by atoms with Gasteiger partial charge >= 0.3 is 0 Å². The molecule has 1 aromatic heterocycles. The van der Waals surface area contributed by atoms with Gasteiger partial charge in [0.15, 0.2) is 6.29 Å². The van der Waals surface area contributed by atoms with Gasteiger partial charge in [-0.2, -0.15) is 0 Å². The van der Waals surface area contributed by atoms with Crippen LogP contribution in [-0.2, 0) is 9.05 Å². The molecule has 1 aromatic carbocycles. The number of aldehydes is 1. The second kappa shape index (κ2) is 4.29. The monoisotopic (exact) mass is 287 g/mol. The van der Waals surface area contributed by atoms with E-state index in [-0.39, 0.29) is 10.6 Å². The first-order valence-electron chi connectivity index (χ1n) is 4.98. The molecule has 0 aliphatic rings. The van der Waals surface area contributed by atoms with Gasteiger partial charge in [-0.3, -0.25) is 4.79 Å². The lowest BCUT2D eigenvalue weighted by Crippen LogP contribution is -2.00. The summed E-state index contributed by atoms with van der Waals surface area (Å²) in [4.78, 5) is 13.7. The fraction of sp³-hybridized carbons (Fsp3) is 0.182. The second-order valence-electron chi connectivity index (χ2n) is 3.76. The zero-order valence-electron chi connectivity index (χ0n) is 9.65. The fourth-order valence-corrected chi connectivity index (χ4v) is 3.46. The third kappa shape index (κ3) is 1.87. The molecule has 1 heterocycles. The van der Waals surface area contributed by atoms with Gasteiger partial charge in [-0.25, -0.2) is 8.42 Å². The molecule has 2 aromatic rings. The van der Waals surface area contributed by atoms with Crippen molar-refractivity contribution in [3.05, 3.63) is 23.4 Å². The predicted octanol–water partition coefficient (Wildman–Crippen LogP) is 2.22. The van der Waals surface area contributed by atoms with Crippen LogP contribution in [0.2, 0.25) is 0 Å². The number of benzene rings is 1. The van der Waals surface area contributed by atoms with Crippen molar-refractivity contribution in [1.82, 2.24) is 4.98 Å². The van der Waals surface area contributed by atoms with Crippen molar-refractivity contribution in [3.8, 4) is 5.75 Å². The Hall–Kier alpha value is -1.53. The number of aromatic amines is 1. The standard InChI is InChI=1S/C11H10ClNO4S/c1-6-10-7(5-14)4-13-8(10)3-9(17-2)11(6)18(12,15)16/h3-5,13H,1-2H3. The number of fused-ring (bicyclic) bond motifs is 1. The largest absolute Gasteiger partial charge is 0.495 e. The molecule has 0 aliphatic heterocycles. The molecule has 0 saturated carbocycles. The summed E-state index contributed by atoms with van der Waals surface area (Å²) >= 11 is 0. The number of carbonyl (C=O) groups excluding carboxylic acids is 1. The number of hydrogen-bond acceptors (Lipinski definition) is 4. The Kier molecular flexibility index (Phi) is 3.08. The highest BCUT2D eigenvalue weighted by molar-refractivity contribution is 8.13. The molecule has 0 unspecified atom stereocenters. The number of aryl methyl sites for hydroxylation is 1. The summed E-state index contributed by atoms with van der Waals surface area (Å²) in [5.74, 6) is 0.147. The van der Waals surface area contributed by atoms with E-state index in [0.29, 0.717) is 28.3 Å². The van der Waals surface area contributed by atoms with E-state index in [2.05, 4.69) is 4.98 Å². The average molecular weight is 288 g/mol. The Labute approximate surface area is 108 Å². The summed E-state index contributed by atoms with van der Waals surface area (Å²) in [6.07, 6.45) is 2.16. The SMILES string of the molecule is COc1cc2[nH]cc(C=O)c2c(C)c1S(=O)(=O)Cl. The number of nitrogens with one attached hydrogen (secondary N) is 1. The molecular weight excluding hydrogens is 278 g/mol. The van der Waals surface area contributed by atoms with Gasteiger partial charge in [-0.1, -0.05) is 0 Å². The van der Waals surface area contributed by atoms with E-state index in [1.165, 1.54) is 19.4 Å². The molecule has 7 heteroatoms. The van der Waals surface area contributed by atoms with Gasteiger partial charge in [-0.15, -0.1) is 0 Å². The number of ether oxygens (including phenoxy) is 1. The van der Waals surface area contributed by atoms with E-state index in [4.69, 9.17) is 15.4 Å². The number of halogens is 1. The topological polar surface area (TPSA) is 76.2 Å². The maximum Gasteiger partial charge on any atom is 0.265 e. The molecule has 5 nitrogen and oxygen atoms in total. The van der Waals surface area contributed by atoms with Crippen LogP contribution in [0.3, 0.4) is 0 Å². The molecule has 1 N–H and O–H groups in total. The van der Waals surface area contributed by atoms with Gasteiger partial charge in [0.2, 0.25) is 0 Å². The Morgan fingerprint density at radius 2 is 2.11 bits per heavy atom. The quantitative estimate of drug-likeness (QED) is 0.694. The third-order valence-corrected chi connectivity index (χ3v) is 4.20. The van der Waals surface area contributed by atoms with Crippen LogP contribution in [0.5, 0.6) is 5.75 Å². The van der Waals surface area contributed by atoms with Crippen molar-refractivity contribution in [2.45, 2.75) is 11.8 Å². The average Bonchev–Trinajstić information content (AvgIpc) is 2.70. The van der Waals surface area contributed by atoms with Crippen molar-refractivity contribution in [2.75, 3.05) is 7.11 Å².